The fourth-order valence-corrected chi connectivity index (χ4v) is 3.10. The molecule has 0 spiro atoms. The maximum absolute atomic E-state index is 6.56. The Hall–Kier alpha value is -2.48. The van der Waals surface area contributed by atoms with Crippen LogP contribution >= 0.6 is 0 Å². The van der Waals surface area contributed by atoms with E-state index >= 15 is 0 Å². The highest BCUT2D eigenvalue weighted by Gasteiger charge is 2.20. The zero-order valence-corrected chi connectivity index (χ0v) is 13.0. The fraction of sp³-hybridized carbons (Fsp3) is 0.200. The number of allylic oxidation sites excluding steroid dienone is 4. The second-order valence-electron chi connectivity index (χ2n) is 5.60. The summed E-state index contributed by atoms with van der Waals surface area (Å²) in [6, 6.07) is 12.4. The number of nitrogens with two attached hydrogens (primary N) is 1. The summed E-state index contributed by atoms with van der Waals surface area (Å²) < 4.78 is 5.60. The highest BCUT2D eigenvalue weighted by molar-refractivity contribution is 5.84. The monoisotopic (exact) mass is 291 g/mol. The van der Waals surface area contributed by atoms with Crippen LogP contribution in [0.2, 0.25) is 0 Å². The van der Waals surface area contributed by atoms with Crippen molar-refractivity contribution in [2.45, 2.75) is 19.3 Å². The van der Waals surface area contributed by atoms with Gasteiger partial charge in [0.2, 0.25) is 0 Å². The molecule has 0 aromatic heterocycles. The van der Waals surface area contributed by atoms with Crippen LogP contribution in [0, 0.1) is 6.92 Å². The van der Waals surface area contributed by atoms with Crippen LogP contribution in [0.15, 0.2) is 60.7 Å². The van der Waals surface area contributed by atoms with Crippen molar-refractivity contribution in [3.8, 4) is 16.9 Å². The van der Waals surface area contributed by atoms with E-state index in [1.54, 1.807) is 7.11 Å². The van der Waals surface area contributed by atoms with E-state index in [4.69, 9.17) is 10.5 Å². The molecule has 1 aliphatic carbocycles. The van der Waals surface area contributed by atoms with E-state index in [0.717, 1.165) is 40.1 Å². The minimum absolute atomic E-state index is 0.307. The van der Waals surface area contributed by atoms with E-state index in [0.29, 0.717) is 5.92 Å². The Bertz CT molecular complexity index is 729. The topological polar surface area (TPSA) is 35.2 Å². The van der Waals surface area contributed by atoms with Gasteiger partial charge in [-0.25, -0.2) is 0 Å². The highest BCUT2D eigenvalue weighted by Crippen LogP contribution is 2.42. The lowest BCUT2D eigenvalue weighted by Gasteiger charge is -2.22. The molecular weight excluding hydrogens is 270 g/mol. The SMILES string of the molecule is COc1cc([C@H]2C=CC=CC2)c(N)c(-c2ccccc2)c1C. The Morgan fingerprint density at radius 2 is 1.91 bits per heavy atom. The molecule has 0 saturated carbocycles. The maximum Gasteiger partial charge on any atom is 0.122 e. The largest absolute Gasteiger partial charge is 0.496 e. The quantitative estimate of drug-likeness (QED) is 0.820. The van der Waals surface area contributed by atoms with Gasteiger partial charge in [0, 0.05) is 22.7 Å². The van der Waals surface area contributed by atoms with Gasteiger partial charge >= 0.3 is 0 Å². The van der Waals surface area contributed by atoms with E-state index in [1.165, 1.54) is 0 Å². The first-order valence-electron chi connectivity index (χ1n) is 7.58. The van der Waals surface area contributed by atoms with Gasteiger partial charge < -0.3 is 10.5 Å². The molecule has 0 heterocycles. The van der Waals surface area contributed by atoms with E-state index in [1.807, 2.05) is 18.2 Å². The van der Waals surface area contributed by atoms with Crippen LogP contribution in [-0.4, -0.2) is 7.11 Å². The third kappa shape index (κ3) is 2.52. The van der Waals surface area contributed by atoms with Crippen molar-refractivity contribution in [1.29, 1.82) is 0 Å². The van der Waals surface area contributed by atoms with Gasteiger partial charge in [-0.15, -0.1) is 0 Å². The smallest absolute Gasteiger partial charge is 0.122 e. The predicted octanol–water partition coefficient (Wildman–Crippen LogP) is 4.85. The molecular formula is C20H21NO. The first kappa shape index (κ1) is 14.5. The first-order chi connectivity index (χ1) is 10.7. The highest BCUT2D eigenvalue weighted by atomic mass is 16.5. The van der Waals surface area contributed by atoms with Gasteiger partial charge in [0.05, 0.1) is 7.11 Å². The van der Waals surface area contributed by atoms with Crippen LogP contribution in [0.3, 0.4) is 0 Å². The summed E-state index contributed by atoms with van der Waals surface area (Å²) in [4.78, 5) is 0. The molecule has 1 aliphatic rings. The van der Waals surface area contributed by atoms with Gasteiger partial charge in [-0.1, -0.05) is 54.6 Å². The molecule has 0 fully saturated rings. The van der Waals surface area contributed by atoms with Crippen LogP contribution in [0.25, 0.3) is 11.1 Å². The third-order valence-electron chi connectivity index (χ3n) is 4.27. The number of benzene rings is 2. The van der Waals surface area contributed by atoms with Gasteiger partial charge in [-0.3, -0.25) is 0 Å². The maximum atomic E-state index is 6.56. The van der Waals surface area contributed by atoms with E-state index in [-0.39, 0.29) is 0 Å². The summed E-state index contributed by atoms with van der Waals surface area (Å²) in [6.45, 7) is 2.07. The van der Waals surface area contributed by atoms with Crippen LogP contribution in [0.5, 0.6) is 5.75 Å². The average molecular weight is 291 g/mol. The van der Waals surface area contributed by atoms with Gasteiger partial charge in [-0.05, 0) is 30.5 Å². The number of nitrogen functional groups attached to an aromatic ring is 1. The van der Waals surface area contributed by atoms with E-state index < -0.39 is 0 Å². The zero-order valence-electron chi connectivity index (χ0n) is 13.0. The Balaban J connectivity index is 2.20. The van der Waals surface area contributed by atoms with Gasteiger partial charge in [0.1, 0.15) is 5.75 Å². The molecule has 2 aromatic carbocycles. The Morgan fingerprint density at radius 3 is 2.55 bits per heavy atom. The second-order valence-corrected chi connectivity index (χ2v) is 5.60. The molecule has 0 aliphatic heterocycles. The number of hydrogen-bond acceptors (Lipinski definition) is 2. The van der Waals surface area contributed by atoms with Gasteiger partial charge in [0.25, 0.3) is 0 Å². The molecule has 2 aromatic rings. The van der Waals surface area contributed by atoms with Gasteiger partial charge in [0.15, 0.2) is 0 Å². The molecule has 0 amide bonds. The molecule has 2 nitrogen and oxygen atoms in total. The molecule has 3 rings (SSSR count). The number of rotatable bonds is 3. The average Bonchev–Trinajstić information content (AvgIpc) is 2.57. The number of anilines is 1. The lowest BCUT2D eigenvalue weighted by molar-refractivity contribution is 0.411. The van der Waals surface area contributed by atoms with Crippen molar-refractivity contribution in [2.75, 3.05) is 12.8 Å². The molecule has 0 saturated heterocycles. The lowest BCUT2D eigenvalue weighted by Crippen LogP contribution is -2.06. The Kier molecular flexibility index (Phi) is 4.01. The molecule has 0 radical (unpaired) electrons. The number of hydrogen-bond donors (Lipinski definition) is 1. The molecule has 1 atom stereocenters. The summed E-state index contributed by atoms with van der Waals surface area (Å²) in [6.07, 6.45) is 9.52. The zero-order chi connectivity index (χ0) is 15.5. The van der Waals surface area contributed by atoms with Crippen molar-refractivity contribution in [1.82, 2.24) is 0 Å². The van der Waals surface area contributed by atoms with Gasteiger partial charge in [-0.2, -0.15) is 0 Å². The van der Waals surface area contributed by atoms with Crippen LogP contribution in [0.4, 0.5) is 5.69 Å². The molecule has 2 heteroatoms. The summed E-state index contributed by atoms with van der Waals surface area (Å²) in [7, 11) is 1.72. The summed E-state index contributed by atoms with van der Waals surface area (Å²) in [5.41, 5.74) is 11.9. The summed E-state index contributed by atoms with van der Waals surface area (Å²) in [5.74, 6) is 1.20. The first-order valence-corrected chi connectivity index (χ1v) is 7.58. The van der Waals surface area contributed by atoms with Crippen molar-refractivity contribution >= 4 is 5.69 Å². The minimum Gasteiger partial charge on any atom is -0.496 e. The molecule has 0 unspecified atom stereocenters. The van der Waals surface area contributed by atoms with Crippen LogP contribution in [0.1, 0.15) is 23.5 Å². The lowest BCUT2D eigenvalue weighted by atomic mass is 9.86. The summed E-state index contributed by atoms with van der Waals surface area (Å²) in [5, 5.41) is 0. The summed E-state index contributed by atoms with van der Waals surface area (Å²) >= 11 is 0. The molecule has 112 valence electrons. The fourth-order valence-electron chi connectivity index (χ4n) is 3.10. The number of methoxy groups -OCH3 is 1. The molecule has 22 heavy (non-hydrogen) atoms. The Labute approximate surface area is 131 Å². The van der Waals surface area contributed by atoms with Crippen molar-refractivity contribution in [3.63, 3.8) is 0 Å². The van der Waals surface area contributed by atoms with Crippen LogP contribution < -0.4 is 10.5 Å². The van der Waals surface area contributed by atoms with Crippen LogP contribution in [-0.2, 0) is 0 Å². The third-order valence-corrected chi connectivity index (χ3v) is 4.27. The molecule has 2 N–H and O–H groups in total. The normalized spacial score (nSPS) is 16.7. The second kappa shape index (κ2) is 6.10. The Morgan fingerprint density at radius 1 is 1.14 bits per heavy atom. The standard InChI is InChI=1S/C20H21NO/c1-14-18(22-2)13-17(15-9-5-3-6-10-15)20(21)19(14)16-11-7-4-8-12-16/h3-9,11-13,15H,10,21H2,1-2H3/t15-/m0/s1. The van der Waals surface area contributed by atoms with E-state index in [9.17, 15) is 0 Å². The molecule has 0 bridgehead atoms. The van der Waals surface area contributed by atoms with Crippen molar-refractivity contribution in [3.05, 3.63) is 71.8 Å². The minimum atomic E-state index is 0.307. The number of ether oxygens (including phenoxy) is 1. The van der Waals surface area contributed by atoms with Crippen molar-refractivity contribution < 1.29 is 4.74 Å². The predicted molar refractivity (Wildman–Crippen MR) is 93.2 cm³/mol. The van der Waals surface area contributed by atoms with Crippen molar-refractivity contribution in [2.24, 2.45) is 0 Å². The van der Waals surface area contributed by atoms with E-state index in [2.05, 4.69) is 49.4 Å².